The van der Waals surface area contributed by atoms with Crippen molar-refractivity contribution in [3.63, 3.8) is 0 Å². The van der Waals surface area contributed by atoms with Crippen LogP contribution in [0.15, 0.2) is 121 Å². The Bertz CT molecular complexity index is 1970. The minimum Gasteiger partial charge on any atom is -0.497 e. The van der Waals surface area contributed by atoms with Gasteiger partial charge in [0.05, 0.1) is 29.0 Å². The van der Waals surface area contributed by atoms with Crippen molar-refractivity contribution in [2.75, 3.05) is 12.4 Å². The molecule has 0 unspecified atom stereocenters. The monoisotopic (exact) mass is 625 g/mol. The number of ether oxygens (including phenoxy) is 1. The Morgan fingerprint density at radius 2 is 1.83 bits per heavy atom. The van der Waals surface area contributed by atoms with Crippen LogP contribution in [0.5, 0.6) is 5.75 Å². The number of halogens is 1. The van der Waals surface area contributed by atoms with E-state index in [0.717, 1.165) is 15.6 Å². The van der Waals surface area contributed by atoms with E-state index in [4.69, 9.17) is 14.1 Å². The van der Waals surface area contributed by atoms with Crippen molar-refractivity contribution in [3.05, 3.63) is 138 Å². The molecule has 2 aromatic heterocycles. The number of nitrogens with zero attached hydrogens (tertiary/aromatic N) is 2. The number of rotatable bonds is 6. The van der Waals surface area contributed by atoms with Crippen LogP contribution in [0, 0.1) is 0 Å². The Kier molecular flexibility index (Phi) is 7.30. The van der Waals surface area contributed by atoms with Crippen molar-refractivity contribution in [1.82, 2.24) is 4.57 Å². The fourth-order valence-electron chi connectivity index (χ4n) is 4.79. The zero-order valence-corrected chi connectivity index (χ0v) is 24.5. The van der Waals surface area contributed by atoms with Gasteiger partial charge in [-0.05, 0) is 61.0 Å². The maximum atomic E-state index is 14.0. The van der Waals surface area contributed by atoms with Gasteiger partial charge in [-0.15, -0.1) is 0 Å². The Labute approximate surface area is 247 Å². The van der Waals surface area contributed by atoms with Gasteiger partial charge in [-0.3, -0.25) is 14.2 Å². The summed E-state index contributed by atoms with van der Waals surface area (Å²) in [6.45, 7) is 1.79. The number of para-hydroxylation sites is 1. The molecule has 0 saturated heterocycles. The molecule has 7 nitrogen and oxygen atoms in total. The molecule has 0 spiro atoms. The van der Waals surface area contributed by atoms with E-state index in [0.29, 0.717) is 43.6 Å². The van der Waals surface area contributed by atoms with Gasteiger partial charge in [-0.25, -0.2) is 4.99 Å². The number of hydrogen-bond donors (Lipinski definition) is 1. The maximum absolute atomic E-state index is 14.0. The highest BCUT2D eigenvalue weighted by molar-refractivity contribution is 9.10. The molecule has 0 aliphatic carbocycles. The highest BCUT2D eigenvalue weighted by atomic mass is 79.9. The summed E-state index contributed by atoms with van der Waals surface area (Å²) in [7, 11) is 1.58. The highest BCUT2D eigenvalue weighted by Crippen LogP contribution is 2.32. The summed E-state index contributed by atoms with van der Waals surface area (Å²) >= 11 is 4.71. The Balaban J connectivity index is 1.46. The normalized spacial score (nSPS) is 14.9. The molecular formula is C32H24BrN3O4S. The minimum absolute atomic E-state index is 0.263. The van der Waals surface area contributed by atoms with Gasteiger partial charge in [0, 0.05) is 21.8 Å². The van der Waals surface area contributed by atoms with E-state index < -0.39 is 6.04 Å². The second-order valence-corrected chi connectivity index (χ2v) is 11.3. The lowest BCUT2D eigenvalue weighted by molar-refractivity contribution is -0.113. The number of benzene rings is 3. The van der Waals surface area contributed by atoms with Gasteiger partial charge in [0.15, 0.2) is 4.80 Å². The lowest BCUT2D eigenvalue weighted by Gasteiger charge is -2.25. The molecule has 0 bridgehead atoms. The SMILES string of the molecule is COc1cccc([C@H]2C(C(=O)Nc3ccccc3)=C(C)N=c3s/c(=C\c4ccc(-c5ccc(Br)cc5)o4)c(=O)n32)c1. The minimum atomic E-state index is -0.706. The fourth-order valence-corrected chi connectivity index (χ4v) is 6.08. The first-order valence-electron chi connectivity index (χ1n) is 12.8. The Morgan fingerprint density at radius 3 is 2.59 bits per heavy atom. The second-order valence-electron chi connectivity index (χ2n) is 9.39. The summed E-state index contributed by atoms with van der Waals surface area (Å²) in [6, 6.07) is 27.4. The standard InChI is InChI=1S/C32H24BrN3O4S/c1-19-28(30(37)35-23-8-4-3-5-9-23)29(21-7-6-10-24(17-21)39-2)36-31(38)27(41-32(36)34-19)18-25-15-16-26(40-25)20-11-13-22(33)14-12-20/h3-18,29H,1-2H3,(H,35,37)/b27-18-/t29-/m0/s1. The topological polar surface area (TPSA) is 85.8 Å². The lowest BCUT2D eigenvalue weighted by atomic mass is 9.95. The van der Waals surface area contributed by atoms with E-state index in [2.05, 4.69) is 21.2 Å². The van der Waals surface area contributed by atoms with Gasteiger partial charge in [0.2, 0.25) is 0 Å². The van der Waals surface area contributed by atoms with Crippen LogP contribution in [0.25, 0.3) is 17.4 Å². The number of methoxy groups -OCH3 is 1. The van der Waals surface area contributed by atoms with E-state index in [-0.39, 0.29) is 11.5 Å². The lowest BCUT2D eigenvalue weighted by Crippen LogP contribution is -2.40. The number of fused-ring (bicyclic) bond motifs is 1. The molecule has 1 N–H and O–H groups in total. The van der Waals surface area contributed by atoms with Crippen molar-refractivity contribution in [3.8, 4) is 17.1 Å². The smallest absolute Gasteiger partial charge is 0.271 e. The van der Waals surface area contributed by atoms with Gasteiger partial charge in [-0.2, -0.15) is 0 Å². The number of anilines is 1. The molecule has 3 heterocycles. The first-order chi connectivity index (χ1) is 19.9. The zero-order chi connectivity index (χ0) is 28.5. The van der Waals surface area contributed by atoms with Crippen molar-refractivity contribution < 1.29 is 13.9 Å². The largest absolute Gasteiger partial charge is 0.497 e. The van der Waals surface area contributed by atoms with Gasteiger partial charge in [-0.1, -0.05) is 69.7 Å². The van der Waals surface area contributed by atoms with Crippen LogP contribution in [0.4, 0.5) is 5.69 Å². The van der Waals surface area contributed by atoms with E-state index in [1.165, 1.54) is 11.3 Å². The Hall–Kier alpha value is -4.47. The molecule has 1 aliphatic heterocycles. The summed E-state index contributed by atoms with van der Waals surface area (Å²) in [4.78, 5) is 32.9. The average molecular weight is 627 g/mol. The summed E-state index contributed by atoms with van der Waals surface area (Å²) in [5.41, 5.74) is 2.97. The van der Waals surface area contributed by atoms with Crippen molar-refractivity contribution in [2.24, 2.45) is 4.99 Å². The van der Waals surface area contributed by atoms with Gasteiger partial charge in [0.1, 0.15) is 17.3 Å². The molecule has 3 aromatic carbocycles. The molecule has 6 rings (SSSR count). The number of thiazole rings is 1. The third-order valence-electron chi connectivity index (χ3n) is 6.74. The van der Waals surface area contributed by atoms with Crippen molar-refractivity contribution >= 4 is 44.9 Å². The quantitative estimate of drug-likeness (QED) is 0.254. The predicted octanol–water partition coefficient (Wildman–Crippen LogP) is 5.91. The number of hydrogen-bond acceptors (Lipinski definition) is 6. The van der Waals surface area contributed by atoms with Gasteiger partial charge >= 0.3 is 0 Å². The number of carbonyl (C=O) groups is 1. The molecular weight excluding hydrogens is 602 g/mol. The second kappa shape index (κ2) is 11.2. The van der Waals surface area contributed by atoms with Crippen LogP contribution in [-0.2, 0) is 4.79 Å². The molecule has 9 heteroatoms. The van der Waals surface area contributed by atoms with Crippen molar-refractivity contribution in [1.29, 1.82) is 0 Å². The molecule has 0 radical (unpaired) electrons. The van der Waals surface area contributed by atoms with Crippen LogP contribution < -0.4 is 24.9 Å². The number of amides is 1. The first kappa shape index (κ1) is 26.7. The summed E-state index contributed by atoms with van der Waals surface area (Å²) in [5.74, 6) is 1.54. The number of allylic oxidation sites excluding steroid dienone is 1. The summed E-state index contributed by atoms with van der Waals surface area (Å²) in [6.07, 6.45) is 1.72. The third kappa shape index (κ3) is 5.33. The number of furan rings is 1. The van der Waals surface area contributed by atoms with Crippen LogP contribution in [0.3, 0.4) is 0 Å². The molecule has 1 aliphatic rings. The zero-order valence-electron chi connectivity index (χ0n) is 22.1. The van der Waals surface area contributed by atoms with E-state index >= 15 is 0 Å². The Morgan fingerprint density at radius 1 is 1.05 bits per heavy atom. The van der Waals surface area contributed by atoms with Gasteiger partial charge in [0.25, 0.3) is 11.5 Å². The molecule has 1 atom stereocenters. The number of nitrogens with one attached hydrogen (secondary N) is 1. The molecule has 0 fully saturated rings. The molecule has 0 saturated carbocycles. The fraction of sp³-hybridized carbons (Fsp3) is 0.0938. The molecule has 41 heavy (non-hydrogen) atoms. The number of aromatic nitrogens is 1. The van der Waals surface area contributed by atoms with Crippen molar-refractivity contribution in [2.45, 2.75) is 13.0 Å². The van der Waals surface area contributed by atoms with Crippen LogP contribution in [-0.4, -0.2) is 17.6 Å². The first-order valence-corrected chi connectivity index (χ1v) is 14.4. The van der Waals surface area contributed by atoms with Crippen LogP contribution in [0.1, 0.15) is 24.3 Å². The molecule has 204 valence electrons. The summed E-state index contributed by atoms with van der Waals surface area (Å²) in [5, 5.41) is 2.96. The maximum Gasteiger partial charge on any atom is 0.271 e. The average Bonchev–Trinajstić information content (AvgIpc) is 3.57. The van der Waals surface area contributed by atoms with Crippen LogP contribution >= 0.6 is 27.3 Å². The number of carbonyl (C=O) groups excluding carboxylic acids is 1. The van der Waals surface area contributed by atoms with Crippen LogP contribution in [0.2, 0.25) is 0 Å². The van der Waals surface area contributed by atoms with E-state index in [9.17, 15) is 9.59 Å². The summed E-state index contributed by atoms with van der Waals surface area (Å²) < 4.78 is 14.5. The molecule has 1 amide bonds. The van der Waals surface area contributed by atoms with Gasteiger partial charge < -0.3 is 14.5 Å². The third-order valence-corrected chi connectivity index (χ3v) is 8.25. The molecule has 5 aromatic rings. The van der Waals surface area contributed by atoms with E-state index in [1.54, 1.807) is 24.7 Å². The predicted molar refractivity (Wildman–Crippen MR) is 164 cm³/mol. The highest BCUT2D eigenvalue weighted by Gasteiger charge is 2.32. The van der Waals surface area contributed by atoms with E-state index in [1.807, 2.05) is 91.0 Å².